The lowest BCUT2D eigenvalue weighted by Crippen LogP contribution is -1.96. The fourth-order valence-electron chi connectivity index (χ4n) is 0.952. The normalized spacial score (nSPS) is 9.69. The highest BCUT2D eigenvalue weighted by Gasteiger charge is 2.05. The van der Waals surface area contributed by atoms with Gasteiger partial charge in [-0.25, -0.2) is 0 Å². The lowest BCUT2D eigenvalue weighted by Gasteiger charge is -2.08. The molecule has 0 spiro atoms. The molecule has 1 aromatic rings. The predicted octanol–water partition coefficient (Wildman–Crippen LogP) is 3.64. The van der Waals surface area contributed by atoms with Crippen LogP contribution in [0.1, 0.15) is 5.56 Å². The van der Waals surface area contributed by atoms with Crippen LogP contribution < -0.4 is 4.74 Å². The van der Waals surface area contributed by atoms with Crippen molar-refractivity contribution in [1.29, 1.82) is 0 Å². The van der Waals surface area contributed by atoms with Crippen LogP contribution in [-0.4, -0.2) is 6.61 Å². The molecule has 0 aliphatic carbocycles. The molecule has 3 heteroatoms. The number of ether oxygens (including phenoxy) is 1. The zero-order chi connectivity index (χ0) is 9.68. The molecule has 0 atom stereocenters. The first-order valence-corrected chi connectivity index (χ1v) is 4.78. The van der Waals surface area contributed by atoms with Crippen LogP contribution in [0.25, 0.3) is 0 Å². The lowest BCUT2D eigenvalue weighted by molar-refractivity contribution is 0.360. The third-order valence-corrected chi connectivity index (χ3v) is 2.19. The van der Waals surface area contributed by atoms with Crippen LogP contribution in [0.3, 0.4) is 0 Å². The van der Waals surface area contributed by atoms with Gasteiger partial charge in [0.05, 0.1) is 5.88 Å². The molecule has 1 aromatic carbocycles. The molecule has 0 N–H and O–H groups in total. The van der Waals surface area contributed by atoms with Gasteiger partial charge in [0.1, 0.15) is 12.4 Å². The van der Waals surface area contributed by atoms with Gasteiger partial charge in [0.25, 0.3) is 0 Å². The quantitative estimate of drug-likeness (QED) is 0.552. The first kappa shape index (κ1) is 10.4. The second kappa shape index (κ2) is 5.15. The van der Waals surface area contributed by atoms with Crippen molar-refractivity contribution in [1.82, 2.24) is 0 Å². The number of rotatable bonds is 4. The minimum atomic E-state index is 0.353. The minimum absolute atomic E-state index is 0.353. The second-order valence-electron chi connectivity index (χ2n) is 2.45. The number of halogens is 2. The van der Waals surface area contributed by atoms with Gasteiger partial charge < -0.3 is 4.74 Å². The molecule has 0 heterocycles. The van der Waals surface area contributed by atoms with Crippen molar-refractivity contribution in [3.05, 3.63) is 41.4 Å². The van der Waals surface area contributed by atoms with Gasteiger partial charge >= 0.3 is 0 Å². The van der Waals surface area contributed by atoms with Crippen molar-refractivity contribution < 1.29 is 4.74 Å². The molecule has 0 radical (unpaired) electrons. The summed E-state index contributed by atoms with van der Waals surface area (Å²) in [6.45, 7) is 4.03. The van der Waals surface area contributed by atoms with Crippen molar-refractivity contribution in [2.24, 2.45) is 0 Å². The van der Waals surface area contributed by atoms with Gasteiger partial charge in [-0.3, -0.25) is 0 Å². The van der Waals surface area contributed by atoms with E-state index < -0.39 is 0 Å². The Morgan fingerprint density at radius 2 is 2.23 bits per heavy atom. The zero-order valence-corrected chi connectivity index (χ0v) is 8.61. The number of hydrogen-bond donors (Lipinski definition) is 0. The number of alkyl halides is 1. The molecule has 0 aromatic heterocycles. The van der Waals surface area contributed by atoms with Crippen molar-refractivity contribution in [2.75, 3.05) is 6.61 Å². The van der Waals surface area contributed by atoms with Crippen molar-refractivity contribution in [3.8, 4) is 5.75 Å². The summed E-state index contributed by atoms with van der Waals surface area (Å²) in [5, 5.41) is 0.636. The van der Waals surface area contributed by atoms with Gasteiger partial charge in [0, 0.05) is 10.6 Å². The SMILES string of the molecule is C=CCOc1cccc(Cl)c1CCl. The van der Waals surface area contributed by atoms with E-state index in [0.717, 1.165) is 11.3 Å². The Hall–Kier alpha value is -0.660. The molecule has 0 unspecified atom stereocenters. The Morgan fingerprint density at radius 1 is 1.46 bits per heavy atom. The van der Waals surface area contributed by atoms with Gasteiger partial charge in [0.15, 0.2) is 0 Å². The number of benzene rings is 1. The highest BCUT2D eigenvalue weighted by atomic mass is 35.5. The highest BCUT2D eigenvalue weighted by Crippen LogP contribution is 2.27. The Bertz CT molecular complexity index is 297. The van der Waals surface area contributed by atoms with Gasteiger partial charge in [-0.05, 0) is 12.1 Å². The summed E-state index contributed by atoms with van der Waals surface area (Å²) in [4.78, 5) is 0. The predicted molar refractivity (Wildman–Crippen MR) is 56.7 cm³/mol. The molecule has 0 amide bonds. The smallest absolute Gasteiger partial charge is 0.125 e. The van der Waals surface area contributed by atoms with Gasteiger partial charge in [-0.15, -0.1) is 11.6 Å². The maximum atomic E-state index is 5.92. The summed E-state index contributed by atoms with van der Waals surface area (Å²) in [5.41, 5.74) is 0.827. The van der Waals surface area contributed by atoms with Crippen molar-refractivity contribution in [3.63, 3.8) is 0 Å². The first-order chi connectivity index (χ1) is 6.29. The van der Waals surface area contributed by atoms with Crippen LogP contribution >= 0.6 is 23.2 Å². The van der Waals surface area contributed by atoms with E-state index in [-0.39, 0.29) is 0 Å². The van der Waals surface area contributed by atoms with E-state index in [0.29, 0.717) is 17.5 Å². The third kappa shape index (κ3) is 2.64. The molecule has 1 rings (SSSR count). The van der Waals surface area contributed by atoms with Crippen LogP contribution in [0.4, 0.5) is 0 Å². The minimum Gasteiger partial charge on any atom is -0.489 e. The highest BCUT2D eigenvalue weighted by molar-refractivity contribution is 6.32. The van der Waals surface area contributed by atoms with E-state index in [9.17, 15) is 0 Å². The molecule has 0 fully saturated rings. The van der Waals surface area contributed by atoms with E-state index in [2.05, 4.69) is 6.58 Å². The average Bonchev–Trinajstić information content (AvgIpc) is 2.15. The van der Waals surface area contributed by atoms with Gasteiger partial charge in [-0.2, -0.15) is 0 Å². The second-order valence-corrected chi connectivity index (χ2v) is 3.12. The van der Waals surface area contributed by atoms with Crippen molar-refractivity contribution >= 4 is 23.2 Å². The Kier molecular flexibility index (Phi) is 4.13. The standard InChI is InChI=1S/C10H10Cl2O/c1-2-6-13-10-5-3-4-9(12)8(10)7-11/h2-5H,1,6-7H2. The van der Waals surface area contributed by atoms with Crippen LogP contribution in [0.15, 0.2) is 30.9 Å². The summed E-state index contributed by atoms with van der Waals surface area (Å²) < 4.78 is 5.37. The van der Waals surface area contributed by atoms with E-state index >= 15 is 0 Å². The summed E-state index contributed by atoms with van der Waals surface area (Å²) in [6.07, 6.45) is 1.68. The van der Waals surface area contributed by atoms with Crippen LogP contribution in [0.2, 0.25) is 5.02 Å². The summed E-state index contributed by atoms with van der Waals surface area (Å²) in [6, 6.07) is 5.46. The fraction of sp³-hybridized carbons (Fsp3) is 0.200. The molecule has 0 aliphatic rings. The van der Waals surface area contributed by atoms with Crippen LogP contribution in [0.5, 0.6) is 5.75 Å². The third-order valence-electron chi connectivity index (χ3n) is 1.57. The maximum Gasteiger partial charge on any atom is 0.125 e. The maximum absolute atomic E-state index is 5.92. The lowest BCUT2D eigenvalue weighted by atomic mass is 10.2. The zero-order valence-electron chi connectivity index (χ0n) is 7.09. The Labute approximate surface area is 87.9 Å². The first-order valence-electron chi connectivity index (χ1n) is 3.86. The molecular weight excluding hydrogens is 207 g/mol. The van der Waals surface area contributed by atoms with E-state index in [1.807, 2.05) is 12.1 Å². The van der Waals surface area contributed by atoms with Gasteiger partial charge in [0.2, 0.25) is 0 Å². The van der Waals surface area contributed by atoms with E-state index in [4.69, 9.17) is 27.9 Å². The van der Waals surface area contributed by atoms with E-state index in [1.165, 1.54) is 0 Å². The van der Waals surface area contributed by atoms with Crippen LogP contribution in [0, 0.1) is 0 Å². The van der Waals surface area contributed by atoms with Crippen molar-refractivity contribution in [2.45, 2.75) is 5.88 Å². The largest absolute Gasteiger partial charge is 0.489 e. The molecule has 0 aliphatic heterocycles. The average molecular weight is 217 g/mol. The fourth-order valence-corrected chi connectivity index (χ4v) is 1.53. The molecule has 0 saturated carbocycles. The molecule has 0 saturated heterocycles. The van der Waals surface area contributed by atoms with Crippen LogP contribution in [-0.2, 0) is 5.88 Å². The summed E-state index contributed by atoms with van der Waals surface area (Å²) >= 11 is 11.6. The van der Waals surface area contributed by atoms with Gasteiger partial charge in [-0.1, -0.05) is 30.3 Å². The summed E-state index contributed by atoms with van der Waals surface area (Å²) in [7, 11) is 0. The number of hydrogen-bond acceptors (Lipinski definition) is 1. The Balaban J connectivity index is 2.91. The monoisotopic (exact) mass is 216 g/mol. The van der Waals surface area contributed by atoms with E-state index in [1.54, 1.807) is 12.1 Å². The molecule has 13 heavy (non-hydrogen) atoms. The molecule has 70 valence electrons. The topological polar surface area (TPSA) is 9.23 Å². The Morgan fingerprint density at radius 3 is 2.85 bits per heavy atom. The molecule has 0 bridgehead atoms. The molecular formula is C10H10Cl2O. The molecule has 1 nitrogen and oxygen atoms in total. The summed E-state index contributed by atoms with van der Waals surface area (Å²) in [5.74, 6) is 1.08.